The zero-order chi connectivity index (χ0) is 12.8. The Morgan fingerprint density at radius 2 is 2.33 bits per heavy atom. The van der Waals surface area contributed by atoms with Crippen molar-refractivity contribution in [1.29, 1.82) is 0 Å². The first-order chi connectivity index (χ1) is 8.60. The first kappa shape index (κ1) is 12.2. The van der Waals surface area contributed by atoms with Crippen LogP contribution in [0.5, 0.6) is 0 Å². The molecule has 4 heteroatoms. The zero-order valence-electron chi connectivity index (χ0n) is 11.4. The molecule has 3 rings (SSSR count). The summed E-state index contributed by atoms with van der Waals surface area (Å²) >= 11 is 0. The maximum atomic E-state index is 11.0. The average molecular weight is 249 g/mol. The van der Waals surface area contributed by atoms with E-state index in [2.05, 4.69) is 23.0 Å². The smallest absolute Gasteiger partial charge is 0.0755 e. The lowest BCUT2D eigenvalue weighted by Crippen LogP contribution is -2.48. The molecule has 100 valence electrons. The van der Waals surface area contributed by atoms with E-state index in [0.29, 0.717) is 5.92 Å². The second-order valence-corrected chi connectivity index (χ2v) is 5.91. The van der Waals surface area contributed by atoms with Crippen molar-refractivity contribution >= 4 is 0 Å². The van der Waals surface area contributed by atoms with Gasteiger partial charge in [-0.05, 0) is 39.3 Å². The average Bonchev–Trinajstić information content (AvgIpc) is 2.90. The van der Waals surface area contributed by atoms with Crippen LogP contribution < -0.4 is 0 Å². The Balaban J connectivity index is 1.82. The molecular formula is C14H23N3O. The maximum absolute atomic E-state index is 11.0. The number of aryl methyl sites for hydroxylation is 2. The third-order valence-electron chi connectivity index (χ3n) is 4.67. The summed E-state index contributed by atoms with van der Waals surface area (Å²) in [6.07, 6.45) is 2.82. The molecule has 1 N–H and O–H groups in total. The minimum absolute atomic E-state index is 0.451. The Morgan fingerprint density at radius 1 is 1.50 bits per heavy atom. The van der Waals surface area contributed by atoms with Gasteiger partial charge < -0.3 is 10.0 Å². The van der Waals surface area contributed by atoms with Crippen molar-refractivity contribution in [1.82, 2.24) is 14.7 Å². The number of fused-ring (bicyclic) bond motifs is 2. The lowest BCUT2D eigenvalue weighted by Gasteiger charge is -2.38. The summed E-state index contributed by atoms with van der Waals surface area (Å²) < 4.78 is 2.04. The summed E-state index contributed by atoms with van der Waals surface area (Å²) in [6.45, 7) is 8.31. The maximum Gasteiger partial charge on any atom is 0.0755 e. The van der Waals surface area contributed by atoms with E-state index in [1.807, 2.05) is 11.6 Å². The predicted octanol–water partition coefficient (Wildman–Crippen LogP) is 1.21. The van der Waals surface area contributed by atoms with Gasteiger partial charge in [-0.3, -0.25) is 4.68 Å². The largest absolute Gasteiger partial charge is 0.389 e. The Morgan fingerprint density at radius 3 is 3.11 bits per heavy atom. The molecule has 18 heavy (non-hydrogen) atoms. The van der Waals surface area contributed by atoms with Gasteiger partial charge in [-0.2, -0.15) is 5.10 Å². The third kappa shape index (κ3) is 1.97. The molecule has 0 radical (unpaired) electrons. The molecule has 3 atom stereocenters. The molecule has 0 amide bonds. The van der Waals surface area contributed by atoms with Crippen LogP contribution in [0.4, 0.5) is 0 Å². The van der Waals surface area contributed by atoms with Crippen LogP contribution in [0.2, 0.25) is 0 Å². The molecule has 1 aromatic rings. The van der Waals surface area contributed by atoms with E-state index in [9.17, 15) is 5.11 Å². The lowest BCUT2D eigenvalue weighted by atomic mass is 9.79. The van der Waals surface area contributed by atoms with Crippen molar-refractivity contribution in [3.63, 3.8) is 0 Å². The monoisotopic (exact) mass is 249 g/mol. The Labute approximate surface area is 109 Å². The van der Waals surface area contributed by atoms with Crippen LogP contribution in [-0.2, 0) is 13.0 Å². The van der Waals surface area contributed by atoms with E-state index in [-0.39, 0.29) is 0 Å². The first-order valence-electron chi connectivity index (χ1n) is 7.09. The van der Waals surface area contributed by atoms with E-state index >= 15 is 0 Å². The molecule has 0 aliphatic carbocycles. The standard InChI is InChI=1S/C14H23N3O/c1-3-17-13(8-11(2)15-17)9-14(18)5-7-16-6-4-12(14)10-16/h8,12,18H,3-7,9-10H2,1-2H3. The minimum atomic E-state index is -0.508. The number of hydrogen-bond donors (Lipinski definition) is 1. The number of nitrogens with zero attached hydrogens (tertiary/aromatic N) is 3. The summed E-state index contributed by atoms with van der Waals surface area (Å²) in [4.78, 5) is 2.47. The van der Waals surface area contributed by atoms with Gasteiger partial charge in [-0.15, -0.1) is 0 Å². The van der Waals surface area contributed by atoms with Crippen LogP contribution in [0, 0.1) is 12.8 Å². The highest BCUT2D eigenvalue weighted by Crippen LogP contribution is 2.37. The molecule has 2 bridgehead atoms. The van der Waals surface area contributed by atoms with Crippen LogP contribution in [0.1, 0.15) is 31.2 Å². The fourth-order valence-electron chi connectivity index (χ4n) is 3.59. The van der Waals surface area contributed by atoms with Crippen LogP contribution in [0.15, 0.2) is 6.07 Å². The van der Waals surface area contributed by atoms with Gasteiger partial charge in [0, 0.05) is 37.7 Å². The van der Waals surface area contributed by atoms with Crippen molar-refractivity contribution in [2.45, 2.75) is 45.3 Å². The van der Waals surface area contributed by atoms with Gasteiger partial charge in [0.15, 0.2) is 0 Å². The highest BCUT2D eigenvalue weighted by Gasteiger charge is 2.45. The van der Waals surface area contributed by atoms with Gasteiger partial charge in [0.1, 0.15) is 0 Å². The van der Waals surface area contributed by atoms with Crippen molar-refractivity contribution in [3.05, 3.63) is 17.5 Å². The second kappa shape index (κ2) is 4.35. The fraction of sp³-hybridized carbons (Fsp3) is 0.786. The van der Waals surface area contributed by atoms with Gasteiger partial charge in [0.05, 0.1) is 11.3 Å². The molecule has 3 heterocycles. The predicted molar refractivity (Wildman–Crippen MR) is 70.5 cm³/mol. The second-order valence-electron chi connectivity index (χ2n) is 5.91. The van der Waals surface area contributed by atoms with Gasteiger partial charge in [-0.25, -0.2) is 0 Å². The number of piperidine rings is 1. The van der Waals surface area contributed by atoms with Gasteiger partial charge in [0.2, 0.25) is 0 Å². The molecule has 3 unspecified atom stereocenters. The van der Waals surface area contributed by atoms with Crippen molar-refractivity contribution in [2.24, 2.45) is 5.92 Å². The quantitative estimate of drug-likeness (QED) is 0.875. The van der Waals surface area contributed by atoms with Crippen molar-refractivity contribution in [3.8, 4) is 0 Å². The fourth-order valence-corrected chi connectivity index (χ4v) is 3.59. The Bertz CT molecular complexity index is 442. The summed E-state index contributed by atoms with van der Waals surface area (Å²) in [6, 6.07) is 2.13. The van der Waals surface area contributed by atoms with Crippen LogP contribution in [-0.4, -0.2) is 45.0 Å². The Hall–Kier alpha value is -0.870. The Kier molecular flexibility index (Phi) is 2.94. The third-order valence-corrected chi connectivity index (χ3v) is 4.67. The van der Waals surface area contributed by atoms with E-state index in [4.69, 9.17) is 0 Å². The molecular weight excluding hydrogens is 226 g/mol. The van der Waals surface area contributed by atoms with Crippen LogP contribution in [0.3, 0.4) is 0 Å². The number of rotatable bonds is 3. The molecule has 4 nitrogen and oxygen atoms in total. The summed E-state index contributed by atoms with van der Waals surface area (Å²) in [5, 5.41) is 15.5. The van der Waals surface area contributed by atoms with E-state index in [1.165, 1.54) is 12.2 Å². The lowest BCUT2D eigenvalue weighted by molar-refractivity contribution is -0.0452. The molecule has 2 fully saturated rings. The molecule has 2 aliphatic heterocycles. The minimum Gasteiger partial charge on any atom is -0.389 e. The number of aliphatic hydroxyl groups is 1. The van der Waals surface area contributed by atoms with E-state index < -0.39 is 5.60 Å². The van der Waals surface area contributed by atoms with E-state index in [0.717, 1.165) is 44.6 Å². The molecule has 2 aliphatic rings. The number of aromatic nitrogens is 2. The van der Waals surface area contributed by atoms with Crippen LogP contribution >= 0.6 is 0 Å². The molecule has 1 aromatic heterocycles. The molecule has 2 saturated heterocycles. The highest BCUT2D eigenvalue weighted by molar-refractivity contribution is 5.14. The summed E-state index contributed by atoms with van der Waals surface area (Å²) in [7, 11) is 0. The molecule has 0 aromatic carbocycles. The summed E-state index contributed by atoms with van der Waals surface area (Å²) in [5.41, 5.74) is 1.74. The van der Waals surface area contributed by atoms with Crippen molar-refractivity contribution in [2.75, 3.05) is 19.6 Å². The zero-order valence-corrected chi connectivity index (χ0v) is 11.4. The first-order valence-corrected chi connectivity index (χ1v) is 7.09. The van der Waals surface area contributed by atoms with Crippen molar-refractivity contribution < 1.29 is 5.11 Å². The number of hydrogen-bond acceptors (Lipinski definition) is 3. The molecule has 0 saturated carbocycles. The molecule has 0 spiro atoms. The topological polar surface area (TPSA) is 41.3 Å². The van der Waals surface area contributed by atoms with E-state index in [1.54, 1.807) is 0 Å². The highest BCUT2D eigenvalue weighted by atomic mass is 16.3. The van der Waals surface area contributed by atoms with Gasteiger partial charge in [0.25, 0.3) is 0 Å². The summed E-state index contributed by atoms with van der Waals surface area (Å²) in [5.74, 6) is 0.451. The van der Waals surface area contributed by atoms with Crippen LogP contribution in [0.25, 0.3) is 0 Å². The van der Waals surface area contributed by atoms with Gasteiger partial charge in [-0.1, -0.05) is 0 Å². The normalized spacial score (nSPS) is 35.1. The van der Waals surface area contributed by atoms with Gasteiger partial charge >= 0.3 is 0 Å². The SMILES string of the molecule is CCn1nc(C)cc1CC1(O)CCN2CCC1C2.